The number of hydrogen-bond donors (Lipinski definition) is 1. The lowest BCUT2D eigenvalue weighted by atomic mass is 10.0. The van der Waals surface area contributed by atoms with Crippen molar-refractivity contribution in [1.82, 2.24) is 15.5 Å². The van der Waals surface area contributed by atoms with Gasteiger partial charge in [-0.05, 0) is 47.9 Å². The number of rotatable bonds is 6. The molecule has 5 nitrogen and oxygen atoms in total. The molecule has 1 heterocycles. The molecule has 0 fully saturated rings. The fraction of sp³-hybridized carbons (Fsp3) is 0.125. The molecule has 0 aliphatic rings. The molecule has 0 spiro atoms. The topological polar surface area (TPSA) is 68.0 Å². The summed E-state index contributed by atoms with van der Waals surface area (Å²) in [6.07, 6.45) is 0.212. The molecule has 30 heavy (non-hydrogen) atoms. The smallest absolute Gasteiger partial charge is 0.247 e. The number of aromatic nitrogens is 2. The van der Waals surface area contributed by atoms with Gasteiger partial charge in [0.15, 0.2) is 0 Å². The maximum absolute atomic E-state index is 13.4. The zero-order chi connectivity index (χ0) is 20.9. The fourth-order valence-corrected chi connectivity index (χ4v) is 3.18. The number of carbonyl (C=O) groups excluding carboxylic acids is 1. The lowest BCUT2D eigenvalue weighted by Gasteiger charge is -2.16. The number of hydrogen-bond acceptors (Lipinski definition) is 4. The molecule has 4 rings (SSSR count). The number of benzene rings is 3. The van der Waals surface area contributed by atoms with Crippen molar-refractivity contribution in [3.63, 3.8) is 0 Å². The molecular weight excluding hydrogens is 381 g/mol. The summed E-state index contributed by atoms with van der Waals surface area (Å²) in [4.78, 5) is 12.8. The van der Waals surface area contributed by atoms with Crippen molar-refractivity contribution in [3.8, 4) is 11.5 Å². The molecule has 3 aromatic carbocycles. The van der Waals surface area contributed by atoms with E-state index in [2.05, 4.69) is 15.5 Å². The van der Waals surface area contributed by atoms with Crippen molar-refractivity contribution in [2.45, 2.75) is 19.4 Å². The third-order valence-electron chi connectivity index (χ3n) is 4.83. The average Bonchev–Trinajstić information content (AvgIpc) is 3.25. The van der Waals surface area contributed by atoms with Crippen LogP contribution in [0.3, 0.4) is 0 Å². The van der Waals surface area contributed by atoms with E-state index in [1.165, 1.54) is 12.1 Å². The molecule has 0 radical (unpaired) electrons. The van der Waals surface area contributed by atoms with Gasteiger partial charge in [-0.2, -0.15) is 0 Å². The van der Waals surface area contributed by atoms with Crippen LogP contribution in [-0.2, 0) is 11.2 Å². The van der Waals surface area contributed by atoms with E-state index in [0.717, 1.165) is 16.7 Å². The molecule has 0 bridgehead atoms. The van der Waals surface area contributed by atoms with Gasteiger partial charge < -0.3 is 9.73 Å². The van der Waals surface area contributed by atoms with E-state index in [4.69, 9.17) is 4.42 Å². The van der Waals surface area contributed by atoms with Crippen molar-refractivity contribution in [2.24, 2.45) is 0 Å². The zero-order valence-electron chi connectivity index (χ0n) is 16.4. The predicted molar refractivity (Wildman–Crippen MR) is 111 cm³/mol. The largest absolute Gasteiger partial charge is 0.418 e. The van der Waals surface area contributed by atoms with Crippen molar-refractivity contribution in [3.05, 3.63) is 107 Å². The van der Waals surface area contributed by atoms with E-state index in [0.29, 0.717) is 11.5 Å². The highest BCUT2D eigenvalue weighted by atomic mass is 19.1. The molecule has 0 unspecified atom stereocenters. The Hall–Kier alpha value is -3.80. The second kappa shape index (κ2) is 8.69. The number of aryl methyl sites for hydroxylation is 1. The summed E-state index contributed by atoms with van der Waals surface area (Å²) >= 11 is 0. The second-order valence-electron chi connectivity index (χ2n) is 6.97. The third-order valence-corrected chi connectivity index (χ3v) is 4.83. The monoisotopic (exact) mass is 401 g/mol. The summed E-state index contributed by atoms with van der Waals surface area (Å²) in [6, 6.07) is 22.3. The Kier molecular flexibility index (Phi) is 5.66. The Morgan fingerprint density at radius 2 is 1.67 bits per heavy atom. The molecule has 0 aliphatic carbocycles. The highest BCUT2D eigenvalue weighted by Gasteiger charge is 2.24. The van der Waals surface area contributed by atoms with Crippen molar-refractivity contribution < 1.29 is 13.6 Å². The van der Waals surface area contributed by atoms with Crippen LogP contribution in [0.1, 0.15) is 28.6 Å². The van der Waals surface area contributed by atoms with E-state index in [9.17, 15) is 9.18 Å². The summed E-state index contributed by atoms with van der Waals surface area (Å²) < 4.78 is 19.3. The number of halogens is 1. The van der Waals surface area contributed by atoms with E-state index in [1.807, 2.05) is 61.5 Å². The molecule has 0 aliphatic heterocycles. The lowest BCUT2D eigenvalue weighted by Crippen LogP contribution is -2.31. The van der Waals surface area contributed by atoms with Gasteiger partial charge in [0.1, 0.15) is 11.9 Å². The van der Waals surface area contributed by atoms with Crippen LogP contribution >= 0.6 is 0 Å². The van der Waals surface area contributed by atoms with Gasteiger partial charge >= 0.3 is 0 Å². The van der Waals surface area contributed by atoms with Crippen LogP contribution < -0.4 is 5.32 Å². The Balaban J connectivity index is 1.62. The fourth-order valence-electron chi connectivity index (χ4n) is 3.18. The Bertz CT molecular complexity index is 1140. The van der Waals surface area contributed by atoms with E-state index in [-0.39, 0.29) is 24.0 Å². The molecule has 1 atom stereocenters. The number of carbonyl (C=O) groups is 1. The second-order valence-corrected chi connectivity index (χ2v) is 6.97. The van der Waals surface area contributed by atoms with Crippen LogP contribution in [0.2, 0.25) is 0 Å². The van der Waals surface area contributed by atoms with Crippen LogP contribution in [0.15, 0.2) is 83.3 Å². The molecule has 1 N–H and O–H groups in total. The molecule has 6 heteroatoms. The van der Waals surface area contributed by atoms with Gasteiger partial charge in [-0.15, -0.1) is 10.2 Å². The Labute approximate surface area is 173 Å². The summed E-state index contributed by atoms with van der Waals surface area (Å²) in [7, 11) is 0. The predicted octanol–water partition coefficient (Wildman–Crippen LogP) is 4.63. The Morgan fingerprint density at radius 1 is 0.967 bits per heavy atom. The van der Waals surface area contributed by atoms with Gasteiger partial charge in [0.25, 0.3) is 0 Å². The van der Waals surface area contributed by atoms with Crippen LogP contribution in [0.4, 0.5) is 4.39 Å². The van der Waals surface area contributed by atoms with Gasteiger partial charge in [-0.3, -0.25) is 4.79 Å². The highest BCUT2D eigenvalue weighted by molar-refractivity contribution is 5.79. The minimum atomic E-state index is -0.688. The third kappa shape index (κ3) is 4.43. The summed E-state index contributed by atoms with van der Waals surface area (Å²) in [6.45, 7) is 1.96. The zero-order valence-corrected chi connectivity index (χ0v) is 16.4. The first-order valence-corrected chi connectivity index (χ1v) is 9.58. The number of nitrogens with one attached hydrogen (secondary N) is 1. The van der Waals surface area contributed by atoms with Crippen LogP contribution in [-0.4, -0.2) is 16.1 Å². The molecule has 4 aromatic rings. The molecule has 150 valence electrons. The van der Waals surface area contributed by atoms with Crippen LogP contribution in [0.25, 0.3) is 11.5 Å². The SMILES string of the molecule is Cc1ccccc1CC(=O)N[C@@H](c1ccc(F)cc1)c1nnc(-c2ccccc2)o1. The van der Waals surface area contributed by atoms with Gasteiger partial charge in [0.05, 0.1) is 6.42 Å². The van der Waals surface area contributed by atoms with Crippen molar-refractivity contribution in [2.75, 3.05) is 0 Å². The van der Waals surface area contributed by atoms with Gasteiger partial charge in [0, 0.05) is 5.56 Å². The standard InChI is InChI=1S/C24H20FN3O2/c1-16-7-5-6-10-19(16)15-21(29)26-22(17-11-13-20(25)14-12-17)24-28-27-23(30-24)18-8-3-2-4-9-18/h2-14,22H,15H2,1H3,(H,26,29)/t22-/m0/s1. The molecular formula is C24H20FN3O2. The first kappa shape index (κ1) is 19.5. The summed E-state index contributed by atoms with van der Waals surface area (Å²) in [5.41, 5.74) is 3.40. The van der Waals surface area contributed by atoms with E-state index in [1.54, 1.807) is 12.1 Å². The van der Waals surface area contributed by atoms with E-state index < -0.39 is 6.04 Å². The molecule has 1 aromatic heterocycles. The molecule has 0 saturated carbocycles. The molecule has 1 amide bonds. The first-order chi connectivity index (χ1) is 14.6. The highest BCUT2D eigenvalue weighted by Crippen LogP contribution is 2.25. The van der Waals surface area contributed by atoms with Crippen LogP contribution in [0, 0.1) is 12.7 Å². The van der Waals surface area contributed by atoms with Crippen molar-refractivity contribution in [1.29, 1.82) is 0 Å². The number of nitrogens with zero attached hydrogens (tertiary/aromatic N) is 2. The first-order valence-electron chi connectivity index (χ1n) is 9.58. The minimum Gasteiger partial charge on any atom is -0.418 e. The van der Waals surface area contributed by atoms with Crippen LogP contribution in [0.5, 0.6) is 0 Å². The maximum Gasteiger partial charge on any atom is 0.247 e. The van der Waals surface area contributed by atoms with Gasteiger partial charge in [0.2, 0.25) is 17.7 Å². The van der Waals surface area contributed by atoms with Gasteiger partial charge in [-0.25, -0.2) is 4.39 Å². The minimum absolute atomic E-state index is 0.196. The normalized spacial score (nSPS) is 11.8. The molecule has 0 saturated heterocycles. The summed E-state index contributed by atoms with van der Waals surface area (Å²) in [5, 5.41) is 11.2. The Morgan fingerprint density at radius 3 is 2.40 bits per heavy atom. The summed E-state index contributed by atoms with van der Waals surface area (Å²) in [5.74, 6) is 0.0294. The van der Waals surface area contributed by atoms with Gasteiger partial charge in [-0.1, -0.05) is 54.6 Å². The lowest BCUT2D eigenvalue weighted by molar-refractivity contribution is -0.121. The quantitative estimate of drug-likeness (QED) is 0.511. The number of amides is 1. The average molecular weight is 401 g/mol. The van der Waals surface area contributed by atoms with Crippen molar-refractivity contribution >= 4 is 5.91 Å². The van der Waals surface area contributed by atoms with E-state index >= 15 is 0 Å². The maximum atomic E-state index is 13.4.